The molecule has 1 saturated heterocycles. The molecule has 50 heavy (non-hydrogen) atoms. The van der Waals surface area contributed by atoms with Gasteiger partial charge in [-0.1, -0.05) is 58.9 Å². The van der Waals surface area contributed by atoms with Gasteiger partial charge in [-0.15, -0.1) is 10.2 Å². The first-order valence-corrected chi connectivity index (χ1v) is 17.7. The molecule has 0 radical (unpaired) electrons. The highest BCUT2D eigenvalue weighted by Gasteiger charge is 2.30. The van der Waals surface area contributed by atoms with Gasteiger partial charge in [0.05, 0.1) is 24.0 Å². The van der Waals surface area contributed by atoms with E-state index in [4.69, 9.17) is 9.47 Å². The predicted octanol–water partition coefficient (Wildman–Crippen LogP) is 5.56. The maximum Gasteiger partial charge on any atom is 0.320 e. The lowest BCUT2D eigenvalue weighted by atomic mass is 9.85. The molecule has 0 spiro atoms. The topological polar surface area (TPSA) is 148 Å². The second-order valence-electron chi connectivity index (χ2n) is 14.2. The minimum atomic E-state index is -0.411. The Morgan fingerprint density at radius 1 is 1.00 bits per heavy atom. The molecule has 3 N–H and O–H groups in total. The third-order valence-electron chi connectivity index (χ3n) is 9.68. The normalized spacial score (nSPS) is 18.1. The number of carbonyl (C=O) groups excluding carboxylic acids is 2. The number of fused-ring (bicyclic) bond motifs is 2. The van der Waals surface area contributed by atoms with Crippen LogP contribution in [0.3, 0.4) is 0 Å². The third-order valence-corrected chi connectivity index (χ3v) is 9.68. The first-order chi connectivity index (χ1) is 24.1. The molecule has 0 bridgehead atoms. The molecule has 0 saturated carbocycles. The molecular formula is C37H49N9O4. The van der Waals surface area contributed by atoms with Crippen LogP contribution in [0.25, 0.3) is 5.65 Å². The van der Waals surface area contributed by atoms with Gasteiger partial charge in [0, 0.05) is 50.7 Å². The Bertz CT molecular complexity index is 1810. The van der Waals surface area contributed by atoms with Crippen molar-refractivity contribution in [3.63, 3.8) is 0 Å². The number of pyridine rings is 1. The van der Waals surface area contributed by atoms with Gasteiger partial charge in [0.15, 0.2) is 5.65 Å². The number of rotatable bonds is 12. The fourth-order valence-corrected chi connectivity index (χ4v) is 6.65. The van der Waals surface area contributed by atoms with Gasteiger partial charge in [-0.05, 0) is 48.9 Å². The predicted molar refractivity (Wildman–Crippen MR) is 191 cm³/mol. The summed E-state index contributed by atoms with van der Waals surface area (Å²) in [7, 11) is 1.71. The molecule has 2 aliphatic rings. The summed E-state index contributed by atoms with van der Waals surface area (Å²) in [5.74, 6) is 1.91. The van der Waals surface area contributed by atoms with E-state index >= 15 is 0 Å². The quantitative estimate of drug-likeness (QED) is 0.175. The number of carbonyl (C=O) groups is 2. The molecular weight excluding hydrogens is 634 g/mol. The average Bonchev–Trinajstić information content (AvgIpc) is 3.50. The summed E-state index contributed by atoms with van der Waals surface area (Å²) < 4.78 is 13.9. The average molecular weight is 684 g/mol. The van der Waals surface area contributed by atoms with Crippen molar-refractivity contribution in [1.29, 1.82) is 0 Å². The fourth-order valence-electron chi connectivity index (χ4n) is 6.65. The molecule has 3 aromatic heterocycles. The largest absolute Gasteiger partial charge is 0.484 e. The van der Waals surface area contributed by atoms with Gasteiger partial charge < -0.3 is 20.1 Å². The molecule has 3 amide bonds. The zero-order valence-corrected chi connectivity index (χ0v) is 29.9. The van der Waals surface area contributed by atoms with Crippen LogP contribution in [-0.4, -0.2) is 80.8 Å². The Morgan fingerprint density at radius 3 is 2.48 bits per heavy atom. The van der Waals surface area contributed by atoms with Crippen molar-refractivity contribution in [2.45, 2.75) is 89.9 Å². The fraction of sp³-hybridized carbons (Fsp3) is 0.514. The second kappa shape index (κ2) is 15.1. The third kappa shape index (κ3) is 7.89. The SMILES string of the molecule is CCC(CC)c1nnc2ccc(O[C@@H]3CC[C@H](NC(=O)Nc4cc(C(C)(C)C)nc(C(=O)NCCN5CC(OC)C5)n4)c4ccccc43)cn12. The molecule has 13 heteroatoms. The van der Waals surface area contributed by atoms with Gasteiger partial charge in [0.1, 0.15) is 23.5 Å². The molecule has 266 valence electrons. The van der Waals surface area contributed by atoms with Crippen molar-refractivity contribution in [1.82, 2.24) is 40.1 Å². The number of urea groups is 1. The molecule has 4 aromatic rings. The van der Waals surface area contributed by atoms with Crippen LogP contribution in [0.4, 0.5) is 10.6 Å². The summed E-state index contributed by atoms with van der Waals surface area (Å²) in [6, 6.07) is 13.0. The monoisotopic (exact) mass is 683 g/mol. The van der Waals surface area contributed by atoms with Gasteiger partial charge in [-0.3, -0.25) is 19.4 Å². The van der Waals surface area contributed by atoms with E-state index in [1.54, 1.807) is 13.2 Å². The number of likely N-dealkylation sites (tertiary alicyclic amines) is 1. The van der Waals surface area contributed by atoms with Crippen molar-refractivity contribution in [2.24, 2.45) is 0 Å². The summed E-state index contributed by atoms with van der Waals surface area (Å²) in [5, 5.41) is 17.7. The summed E-state index contributed by atoms with van der Waals surface area (Å²) in [6.45, 7) is 13.2. The molecule has 13 nitrogen and oxygen atoms in total. The van der Waals surface area contributed by atoms with Crippen LogP contribution >= 0.6 is 0 Å². The van der Waals surface area contributed by atoms with Crippen LogP contribution in [0.2, 0.25) is 0 Å². The Balaban J connectivity index is 1.12. The molecule has 1 fully saturated rings. The summed E-state index contributed by atoms with van der Waals surface area (Å²) in [6.07, 6.45) is 5.41. The highest BCUT2D eigenvalue weighted by molar-refractivity contribution is 5.92. The van der Waals surface area contributed by atoms with Crippen molar-refractivity contribution in [2.75, 3.05) is 38.6 Å². The lowest BCUT2D eigenvalue weighted by Gasteiger charge is -2.38. The Morgan fingerprint density at radius 2 is 1.76 bits per heavy atom. The van der Waals surface area contributed by atoms with Crippen LogP contribution in [0, 0.1) is 0 Å². The minimum Gasteiger partial charge on any atom is -0.484 e. The highest BCUT2D eigenvalue weighted by Crippen LogP contribution is 2.39. The van der Waals surface area contributed by atoms with Crippen molar-refractivity contribution >= 4 is 23.4 Å². The van der Waals surface area contributed by atoms with E-state index in [2.05, 4.69) is 60.9 Å². The van der Waals surface area contributed by atoms with E-state index in [9.17, 15) is 9.59 Å². The molecule has 1 aliphatic heterocycles. The van der Waals surface area contributed by atoms with Crippen LogP contribution in [0.1, 0.15) is 112 Å². The number of hydrogen-bond donors (Lipinski definition) is 3. The number of benzene rings is 1. The number of anilines is 1. The van der Waals surface area contributed by atoms with E-state index in [-0.39, 0.29) is 41.2 Å². The van der Waals surface area contributed by atoms with Gasteiger partial charge in [0.2, 0.25) is 5.82 Å². The summed E-state index contributed by atoms with van der Waals surface area (Å²) in [5.41, 5.74) is 3.11. The van der Waals surface area contributed by atoms with E-state index in [0.717, 1.165) is 54.3 Å². The maximum atomic E-state index is 13.4. The Kier molecular flexibility index (Phi) is 10.6. The first kappa shape index (κ1) is 35.2. The first-order valence-electron chi connectivity index (χ1n) is 17.7. The summed E-state index contributed by atoms with van der Waals surface area (Å²) >= 11 is 0. The lowest BCUT2D eigenvalue weighted by Crippen LogP contribution is -2.53. The summed E-state index contributed by atoms with van der Waals surface area (Å²) in [4.78, 5) is 37.7. The highest BCUT2D eigenvalue weighted by atomic mass is 16.5. The Labute approximate surface area is 293 Å². The molecule has 2 atom stereocenters. The number of ether oxygens (including phenoxy) is 2. The van der Waals surface area contributed by atoms with Gasteiger partial charge in [0.25, 0.3) is 5.91 Å². The number of nitrogens with one attached hydrogen (secondary N) is 3. The zero-order chi connectivity index (χ0) is 35.4. The van der Waals surface area contributed by atoms with Crippen molar-refractivity contribution < 1.29 is 19.1 Å². The molecule has 6 rings (SSSR count). The van der Waals surface area contributed by atoms with E-state index in [0.29, 0.717) is 37.5 Å². The molecule has 1 aliphatic carbocycles. The molecule has 0 unspecified atom stereocenters. The number of hydrogen-bond acceptors (Lipinski definition) is 9. The van der Waals surface area contributed by atoms with Crippen molar-refractivity contribution in [3.8, 4) is 5.75 Å². The van der Waals surface area contributed by atoms with Crippen LogP contribution < -0.4 is 20.7 Å². The molecule has 4 heterocycles. The number of amides is 3. The number of aromatic nitrogens is 5. The molecule has 1 aromatic carbocycles. The zero-order valence-electron chi connectivity index (χ0n) is 29.9. The smallest absolute Gasteiger partial charge is 0.320 e. The number of nitrogens with zero attached hydrogens (tertiary/aromatic N) is 6. The second-order valence-corrected chi connectivity index (χ2v) is 14.2. The van der Waals surface area contributed by atoms with E-state index < -0.39 is 6.03 Å². The Hall–Kier alpha value is -4.62. The van der Waals surface area contributed by atoms with Crippen molar-refractivity contribution in [3.05, 3.63) is 77.1 Å². The van der Waals surface area contributed by atoms with Gasteiger partial charge >= 0.3 is 6.03 Å². The standard InChI is InChI=1S/C37H49N9O4/c1-7-23(8-2)34-44-43-32-16-13-24(22-46(32)34)50-29-15-14-28(26-11-9-10-12-27(26)29)39-36(48)42-31-19-30(37(3,4)5)40-33(41-31)35(47)38-17-18-45-20-25(21-45)49-6/h9-13,16,19,22-23,25,28-29H,7-8,14-15,17-18,20-21H2,1-6H3,(H,38,47)(H2,39,40,41,42,48)/t28-,29+/m0/s1. The van der Waals surface area contributed by atoms with E-state index in [1.165, 1.54) is 0 Å². The van der Waals surface area contributed by atoms with Crippen LogP contribution in [0.5, 0.6) is 5.75 Å². The number of methoxy groups -OCH3 is 1. The van der Waals surface area contributed by atoms with Gasteiger partial charge in [-0.25, -0.2) is 14.8 Å². The minimum absolute atomic E-state index is 0.0193. The van der Waals surface area contributed by atoms with Crippen LogP contribution in [-0.2, 0) is 10.2 Å². The van der Waals surface area contributed by atoms with Crippen LogP contribution in [0.15, 0.2) is 48.7 Å². The maximum absolute atomic E-state index is 13.4. The van der Waals surface area contributed by atoms with Gasteiger partial charge in [-0.2, -0.15) is 0 Å². The lowest BCUT2D eigenvalue weighted by molar-refractivity contribution is -0.0281. The van der Waals surface area contributed by atoms with E-state index in [1.807, 2.05) is 61.7 Å².